The third-order valence-electron chi connectivity index (χ3n) is 3.87. The summed E-state index contributed by atoms with van der Waals surface area (Å²) in [5.41, 5.74) is 2.70. The van der Waals surface area contributed by atoms with Crippen LogP contribution in [0.25, 0.3) is 0 Å². The molecule has 0 aliphatic carbocycles. The lowest BCUT2D eigenvalue weighted by atomic mass is 9.90. The summed E-state index contributed by atoms with van der Waals surface area (Å²) < 4.78 is 0. The monoisotopic (exact) mass is 258 g/mol. The highest BCUT2D eigenvalue weighted by molar-refractivity contribution is 5.71. The smallest absolute Gasteiger partial charge is 0.306 e. The highest BCUT2D eigenvalue weighted by Crippen LogP contribution is 2.32. The fraction of sp³-hybridized carbons (Fsp3) is 0.467. The van der Waals surface area contributed by atoms with Crippen molar-refractivity contribution in [3.8, 4) is 6.07 Å². The number of hydrogen-bond acceptors (Lipinski definition) is 3. The summed E-state index contributed by atoms with van der Waals surface area (Å²) in [5.74, 6) is -0.974. The number of carbonyl (C=O) groups is 1. The van der Waals surface area contributed by atoms with Crippen LogP contribution in [0.2, 0.25) is 0 Å². The largest absolute Gasteiger partial charge is 0.481 e. The van der Waals surface area contributed by atoms with Gasteiger partial charge in [0.1, 0.15) is 6.07 Å². The molecule has 1 heterocycles. The molecule has 0 bridgehead atoms. The molecule has 1 aliphatic heterocycles. The van der Waals surface area contributed by atoms with Gasteiger partial charge in [0, 0.05) is 12.6 Å². The normalized spacial score (nSPS) is 22.9. The summed E-state index contributed by atoms with van der Waals surface area (Å²) in [4.78, 5) is 13.2. The minimum atomic E-state index is -0.711. The van der Waals surface area contributed by atoms with Gasteiger partial charge in [0.2, 0.25) is 0 Å². The summed E-state index contributed by atoms with van der Waals surface area (Å²) in [6.45, 7) is 4.71. The van der Waals surface area contributed by atoms with E-state index in [2.05, 4.69) is 11.0 Å². The Kier molecular flexibility index (Phi) is 3.75. The quantitative estimate of drug-likeness (QED) is 0.885. The van der Waals surface area contributed by atoms with Gasteiger partial charge in [-0.3, -0.25) is 4.79 Å². The fourth-order valence-corrected chi connectivity index (χ4v) is 2.86. The number of benzene rings is 1. The number of anilines is 1. The number of piperidine rings is 1. The molecule has 1 aromatic rings. The second-order valence-corrected chi connectivity index (χ2v) is 5.18. The van der Waals surface area contributed by atoms with Crippen molar-refractivity contribution in [1.82, 2.24) is 0 Å². The van der Waals surface area contributed by atoms with E-state index in [0.29, 0.717) is 24.9 Å². The van der Waals surface area contributed by atoms with Gasteiger partial charge in [-0.2, -0.15) is 5.26 Å². The van der Waals surface area contributed by atoms with Crippen LogP contribution in [0.15, 0.2) is 18.2 Å². The Morgan fingerprint density at radius 1 is 1.53 bits per heavy atom. The molecule has 0 aromatic heterocycles. The van der Waals surface area contributed by atoms with E-state index in [1.807, 2.05) is 32.0 Å². The molecular weight excluding hydrogens is 240 g/mol. The molecule has 1 aromatic carbocycles. The summed E-state index contributed by atoms with van der Waals surface area (Å²) in [6.07, 6.45) is 1.27. The average molecular weight is 258 g/mol. The van der Waals surface area contributed by atoms with Gasteiger partial charge in [0.15, 0.2) is 0 Å². The van der Waals surface area contributed by atoms with Crippen molar-refractivity contribution in [3.05, 3.63) is 29.3 Å². The van der Waals surface area contributed by atoms with Crippen molar-refractivity contribution in [1.29, 1.82) is 5.26 Å². The molecule has 0 spiro atoms. The van der Waals surface area contributed by atoms with Gasteiger partial charge in [-0.25, -0.2) is 0 Å². The van der Waals surface area contributed by atoms with Crippen molar-refractivity contribution in [3.63, 3.8) is 0 Å². The Hall–Kier alpha value is -2.02. The zero-order valence-electron chi connectivity index (χ0n) is 11.3. The predicted molar refractivity (Wildman–Crippen MR) is 73.1 cm³/mol. The number of nitrogens with zero attached hydrogens (tertiary/aromatic N) is 2. The second kappa shape index (κ2) is 5.31. The van der Waals surface area contributed by atoms with E-state index < -0.39 is 5.97 Å². The topological polar surface area (TPSA) is 64.3 Å². The Labute approximate surface area is 113 Å². The van der Waals surface area contributed by atoms with E-state index in [9.17, 15) is 10.1 Å². The van der Waals surface area contributed by atoms with Crippen LogP contribution < -0.4 is 4.90 Å². The van der Waals surface area contributed by atoms with Crippen LogP contribution in [-0.4, -0.2) is 23.7 Å². The van der Waals surface area contributed by atoms with Crippen LogP contribution in [0.1, 0.15) is 30.9 Å². The van der Waals surface area contributed by atoms with Gasteiger partial charge in [-0.15, -0.1) is 0 Å². The molecule has 1 saturated heterocycles. The molecule has 0 saturated carbocycles. The lowest BCUT2D eigenvalue weighted by Crippen LogP contribution is -2.43. The number of carboxylic acid groups (broad SMARTS) is 1. The van der Waals surface area contributed by atoms with E-state index in [4.69, 9.17) is 5.11 Å². The minimum Gasteiger partial charge on any atom is -0.481 e. The molecule has 1 N–H and O–H groups in total. The molecule has 1 fully saturated rings. The number of nitriles is 1. The third-order valence-corrected chi connectivity index (χ3v) is 3.87. The van der Waals surface area contributed by atoms with Crippen molar-refractivity contribution in [2.24, 2.45) is 5.92 Å². The maximum atomic E-state index is 11.1. The highest BCUT2D eigenvalue weighted by Gasteiger charge is 2.31. The lowest BCUT2D eigenvalue weighted by Gasteiger charge is -2.39. The standard InChI is InChI=1S/C15H18N2O2/c1-10-4-3-5-13(9-16)14(10)17-7-6-12(15(18)19)8-11(17)2/h3-5,11-12H,6-8H2,1-2H3,(H,18,19). The Morgan fingerprint density at radius 2 is 2.26 bits per heavy atom. The first kappa shape index (κ1) is 13.4. The first-order valence-electron chi connectivity index (χ1n) is 6.53. The molecule has 19 heavy (non-hydrogen) atoms. The Bertz CT molecular complexity index is 533. The van der Waals surface area contributed by atoms with Crippen LogP contribution in [0.4, 0.5) is 5.69 Å². The molecule has 2 unspecified atom stereocenters. The fourth-order valence-electron chi connectivity index (χ4n) is 2.86. The number of carboxylic acids is 1. The first-order valence-corrected chi connectivity index (χ1v) is 6.53. The predicted octanol–water partition coefficient (Wildman–Crippen LogP) is 2.56. The summed E-state index contributed by atoms with van der Waals surface area (Å²) in [6, 6.07) is 8.06. The van der Waals surface area contributed by atoms with Crippen LogP contribution in [0.3, 0.4) is 0 Å². The van der Waals surface area contributed by atoms with Crippen molar-refractivity contribution < 1.29 is 9.90 Å². The summed E-state index contributed by atoms with van der Waals surface area (Å²) in [5, 5.41) is 18.3. The van der Waals surface area contributed by atoms with E-state index in [-0.39, 0.29) is 12.0 Å². The van der Waals surface area contributed by atoms with E-state index in [1.165, 1.54) is 0 Å². The summed E-state index contributed by atoms with van der Waals surface area (Å²) in [7, 11) is 0. The molecule has 4 heteroatoms. The van der Waals surface area contributed by atoms with Gasteiger partial charge >= 0.3 is 5.97 Å². The van der Waals surface area contributed by atoms with Gasteiger partial charge in [-0.05, 0) is 38.3 Å². The Balaban J connectivity index is 2.30. The number of para-hydroxylation sites is 1. The third kappa shape index (κ3) is 2.55. The van der Waals surface area contributed by atoms with E-state index in [1.54, 1.807) is 0 Å². The van der Waals surface area contributed by atoms with Crippen LogP contribution in [0, 0.1) is 24.2 Å². The molecule has 100 valence electrons. The highest BCUT2D eigenvalue weighted by atomic mass is 16.4. The zero-order valence-corrected chi connectivity index (χ0v) is 11.3. The number of aliphatic carboxylic acids is 1. The molecule has 4 nitrogen and oxygen atoms in total. The zero-order chi connectivity index (χ0) is 14.0. The van der Waals surface area contributed by atoms with Gasteiger partial charge in [0.25, 0.3) is 0 Å². The SMILES string of the molecule is Cc1cccc(C#N)c1N1CCC(C(=O)O)CC1C. The van der Waals surface area contributed by atoms with Crippen molar-refractivity contribution >= 4 is 11.7 Å². The molecule has 2 atom stereocenters. The maximum Gasteiger partial charge on any atom is 0.306 e. The van der Waals surface area contributed by atoms with Crippen LogP contribution >= 0.6 is 0 Å². The summed E-state index contributed by atoms with van der Waals surface area (Å²) >= 11 is 0. The van der Waals surface area contributed by atoms with E-state index >= 15 is 0 Å². The van der Waals surface area contributed by atoms with Gasteiger partial charge < -0.3 is 10.0 Å². The number of hydrogen-bond donors (Lipinski definition) is 1. The maximum absolute atomic E-state index is 11.1. The number of rotatable bonds is 2. The first-order chi connectivity index (χ1) is 9.04. The minimum absolute atomic E-state index is 0.142. The molecule has 0 radical (unpaired) electrons. The average Bonchev–Trinajstić information content (AvgIpc) is 2.38. The molecule has 0 amide bonds. The van der Waals surface area contributed by atoms with Crippen molar-refractivity contribution in [2.75, 3.05) is 11.4 Å². The van der Waals surface area contributed by atoms with Crippen LogP contribution in [0.5, 0.6) is 0 Å². The molecular formula is C15H18N2O2. The van der Waals surface area contributed by atoms with E-state index in [0.717, 1.165) is 11.3 Å². The lowest BCUT2D eigenvalue weighted by molar-refractivity contribution is -0.142. The second-order valence-electron chi connectivity index (χ2n) is 5.18. The van der Waals surface area contributed by atoms with Crippen LogP contribution in [-0.2, 0) is 4.79 Å². The number of aryl methyl sites for hydroxylation is 1. The van der Waals surface area contributed by atoms with Gasteiger partial charge in [0.05, 0.1) is 17.2 Å². The van der Waals surface area contributed by atoms with Gasteiger partial charge in [-0.1, -0.05) is 12.1 Å². The molecule has 2 rings (SSSR count). The molecule has 1 aliphatic rings. The van der Waals surface area contributed by atoms with Crippen molar-refractivity contribution in [2.45, 2.75) is 32.7 Å². The Morgan fingerprint density at radius 3 is 2.84 bits per heavy atom.